The summed E-state index contributed by atoms with van der Waals surface area (Å²) in [6, 6.07) is 0. The zero-order chi connectivity index (χ0) is 14.4. The molecule has 4 heteroatoms. The van der Waals surface area contributed by atoms with Gasteiger partial charge in [-0.25, -0.2) is 4.79 Å². The highest BCUT2D eigenvalue weighted by atomic mass is 16.4. The Morgan fingerprint density at radius 1 is 1.26 bits per heavy atom. The molecule has 3 N–H and O–H groups in total. The van der Waals surface area contributed by atoms with Gasteiger partial charge in [-0.2, -0.15) is 0 Å². The average Bonchev–Trinajstić information content (AvgIpc) is 2.34. The number of carboxylic acid groups (broad SMARTS) is 1. The van der Waals surface area contributed by atoms with Crippen LogP contribution in [0.2, 0.25) is 0 Å². The SMILES string of the molecule is C=C(C(=O)O)[C@H]1CC[C@]2(C)CC[C@@H](O)[C@](C)(O)[C@H]2C1. The molecule has 0 aromatic rings. The number of aliphatic hydroxyl groups excluding tert-OH is 1. The molecule has 0 saturated heterocycles. The molecule has 0 heterocycles. The summed E-state index contributed by atoms with van der Waals surface area (Å²) in [7, 11) is 0. The van der Waals surface area contributed by atoms with Gasteiger partial charge in [-0.1, -0.05) is 13.5 Å². The molecule has 0 amide bonds. The lowest BCUT2D eigenvalue weighted by atomic mass is 9.52. The second-order valence-corrected chi connectivity index (χ2v) is 6.79. The Morgan fingerprint density at radius 3 is 2.42 bits per heavy atom. The Labute approximate surface area is 114 Å². The highest BCUT2D eigenvalue weighted by Crippen LogP contribution is 2.56. The summed E-state index contributed by atoms with van der Waals surface area (Å²) in [6.07, 6.45) is 3.08. The third kappa shape index (κ3) is 2.32. The first-order valence-corrected chi connectivity index (χ1v) is 7.01. The van der Waals surface area contributed by atoms with Crippen LogP contribution in [0.3, 0.4) is 0 Å². The van der Waals surface area contributed by atoms with E-state index in [0.717, 1.165) is 19.3 Å². The van der Waals surface area contributed by atoms with Crippen LogP contribution in [0.1, 0.15) is 46.0 Å². The first kappa shape index (κ1) is 14.5. The normalized spacial score (nSPS) is 46.4. The maximum absolute atomic E-state index is 11.1. The van der Waals surface area contributed by atoms with E-state index in [1.165, 1.54) is 0 Å². The molecule has 0 unspecified atom stereocenters. The van der Waals surface area contributed by atoms with Crippen LogP contribution in [0, 0.1) is 17.3 Å². The van der Waals surface area contributed by atoms with Gasteiger partial charge in [0.15, 0.2) is 0 Å². The molecule has 0 aliphatic heterocycles. The highest BCUT2D eigenvalue weighted by Gasteiger charge is 2.55. The summed E-state index contributed by atoms with van der Waals surface area (Å²) in [4.78, 5) is 11.1. The number of carboxylic acids is 1. The third-order valence-electron chi connectivity index (χ3n) is 5.56. The van der Waals surface area contributed by atoms with Gasteiger partial charge in [0.25, 0.3) is 0 Å². The zero-order valence-electron chi connectivity index (χ0n) is 11.7. The number of fused-ring (bicyclic) bond motifs is 1. The van der Waals surface area contributed by atoms with Gasteiger partial charge in [-0.05, 0) is 56.3 Å². The summed E-state index contributed by atoms with van der Waals surface area (Å²) in [5.74, 6) is -1.12. The van der Waals surface area contributed by atoms with Crippen molar-refractivity contribution in [1.29, 1.82) is 0 Å². The molecule has 2 aliphatic carbocycles. The maximum atomic E-state index is 11.1. The fourth-order valence-electron chi connectivity index (χ4n) is 4.09. The van der Waals surface area contributed by atoms with Crippen LogP contribution < -0.4 is 0 Å². The molecule has 0 aromatic carbocycles. The minimum Gasteiger partial charge on any atom is -0.478 e. The second kappa shape index (κ2) is 4.60. The van der Waals surface area contributed by atoms with E-state index in [1.54, 1.807) is 6.92 Å². The topological polar surface area (TPSA) is 77.8 Å². The summed E-state index contributed by atoms with van der Waals surface area (Å²) in [5.41, 5.74) is -0.902. The van der Waals surface area contributed by atoms with E-state index in [4.69, 9.17) is 5.11 Å². The van der Waals surface area contributed by atoms with Crippen molar-refractivity contribution in [3.8, 4) is 0 Å². The maximum Gasteiger partial charge on any atom is 0.331 e. The summed E-state index contributed by atoms with van der Waals surface area (Å²) < 4.78 is 0. The van der Waals surface area contributed by atoms with Gasteiger partial charge >= 0.3 is 5.97 Å². The predicted molar refractivity (Wildman–Crippen MR) is 71.6 cm³/mol. The van der Waals surface area contributed by atoms with E-state index in [9.17, 15) is 15.0 Å². The van der Waals surface area contributed by atoms with Crippen molar-refractivity contribution in [3.63, 3.8) is 0 Å². The second-order valence-electron chi connectivity index (χ2n) is 6.79. The molecular weight excluding hydrogens is 244 g/mol. The Hall–Kier alpha value is -0.870. The zero-order valence-corrected chi connectivity index (χ0v) is 11.7. The van der Waals surface area contributed by atoms with Crippen LogP contribution in [-0.4, -0.2) is 33.0 Å². The van der Waals surface area contributed by atoms with Gasteiger partial charge in [0.1, 0.15) is 0 Å². The average molecular weight is 268 g/mol. The fraction of sp³-hybridized carbons (Fsp3) is 0.800. The number of rotatable bonds is 2. The quantitative estimate of drug-likeness (QED) is 0.669. The molecule has 108 valence electrons. The van der Waals surface area contributed by atoms with E-state index in [0.29, 0.717) is 12.8 Å². The molecule has 4 nitrogen and oxygen atoms in total. The third-order valence-corrected chi connectivity index (χ3v) is 5.56. The molecule has 19 heavy (non-hydrogen) atoms. The predicted octanol–water partition coefficient (Wildman–Crippen LogP) is 1.96. The van der Waals surface area contributed by atoms with Crippen molar-refractivity contribution in [1.82, 2.24) is 0 Å². The van der Waals surface area contributed by atoms with Crippen LogP contribution >= 0.6 is 0 Å². The molecule has 0 radical (unpaired) electrons. The summed E-state index contributed by atoms with van der Waals surface area (Å²) in [5, 5.41) is 29.7. The Balaban J connectivity index is 2.24. The van der Waals surface area contributed by atoms with Crippen molar-refractivity contribution in [3.05, 3.63) is 12.2 Å². The smallest absolute Gasteiger partial charge is 0.331 e. The fourth-order valence-corrected chi connectivity index (χ4v) is 4.09. The minimum absolute atomic E-state index is 0.00197. The minimum atomic E-state index is -1.13. The van der Waals surface area contributed by atoms with Crippen molar-refractivity contribution >= 4 is 5.97 Å². The molecule has 0 spiro atoms. The lowest BCUT2D eigenvalue weighted by Gasteiger charge is -2.55. The van der Waals surface area contributed by atoms with Gasteiger partial charge in [-0.15, -0.1) is 0 Å². The molecule has 0 bridgehead atoms. The molecule has 2 fully saturated rings. The van der Waals surface area contributed by atoms with E-state index < -0.39 is 17.7 Å². The lowest BCUT2D eigenvalue weighted by Crippen LogP contribution is -2.58. The van der Waals surface area contributed by atoms with Gasteiger partial charge in [0.05, 0.1) is 11.7 Å². The highest BCUT2D eigenvalue weighted by molar-refractivity contribution is 5.86. The van der Waals surface area contributed by atoms with Crippen LogP contribution in [0.5, 0.6) is 0 Å². The Kier molecular flexibility index (Phi) is 3.52. The van der Waals surface area contributed by atoms with Crippen molar-refractivity contribution in [2.24, 2.45) is 17.3 Å². The number of aliphatic hydroxyl groups is 2. The van der Waals surface area contributed by atoms with E-state index >= 15 is 0 Å². The number of aliphatic carboxylic acids is 1. The van der Waals surface area contributed by atoms with Crippen LogP contribution in [0.25, 0.3) is 0 Å². The van der Waals surface area contributed by atoms with Crippen molar-refractivity contribution in [2.75, 3.05) is 0 Å². The van der Waals surface area contributed by atoms with E-state index in [1.807, 2.05) is 0 Å². The van der Waals surface area contributed by atoms with Crippen LogP contribution in [0.15, 0.2) is 12.2 Å². The van der Waals surface area contributed by atoms with Gasteiger partial charge in [0, 0.05) is 5.57 Å². The van der Waals surface area contributed by atoms with E-state index in [2.05, 4.69) is 13.5 Å². The molecule has 0 aromatic heterocycles. The monoisotopic (exact) mass is 268 g/mol. The molecule has 5 atom stereocenters. The molecule has 2 rings (SSSR count). The van der Waals surface area contributed by atoms with Gasteiger partial charge in [-0.3, -0.25) is 0 Å². The van der Waals surface area contributed by atoms with Crippen LogP contribution in [0.4, 0.5) is 0 Å². The number of carbonyl (C=O) groups is 1. The van der Waals surface area contributed by atoms with Crippen LogP contribution in [-0.2, 0) is 4.79 Å². The first-order chi connectivity index (χ1) is 8.68. The largest absolute Gasteiger partial charge is 0.478 e. The Bertz CT molecular complexity index is 396. The molecule has 2 aliphatic rings. The Morgan fingerprint density at radius 2 is 1.84 bits per heavy atom. The van der Waals surface area contributed by atoms with E-state index in [-0.39, 0.29) is 22.8 Å². The first-order valence-electron chi connectivity index (χ1n) is 7.01. The van der Waals surface area contributed by atoms with Gasteiger partial charge < -0.3 is 15.3 Å². The number of hydrogen-bond donors (Lipinski definition) is 3. The number of hydrogen-bond acceptors (Lipinski definition) is 3. The summed E-state index contributed by atoms with van der Waals surface area (Å²) >= 11 is 0. The molecular formula is C15H24O4. The van der Waals surface area contributed by atoms with Crippen molar-refractivity contribution < 1.29 is 20.1 Å². The van der Waals surface area contributed by atoms with Crippen molar-refractivity contribution in [2.45, 2.75) is 57.7 Å². The lowest BCUT2D eigenvalue weighted by molar-refractivity contribution is -0.183. The molecule has 2 saturated carbocycles. The summed E-state index contributed by atoms with van der Waals surface area (Å²) in [6.45, 7) is 7.50. The van der Waals surface area contributed by atoms with Gasteiger partial charge in [0.2, 0.25) is 0 Å². The standard InChI is InChI=1S/C15H24O4/c1-9(13(17)18)10-4-6-14(2)7-5-12(16)15(3,19)11(14)8-10/h10-12,16,19H,1,4-8H2,2-3H3,(H,17,18)/t10-,11-,12+,14+,15+/m0/s1.